The molecule has 0 saturated carbocycles. The van der Waals surface area contributed by atoms with Crippen LogP contribution >= 0.6 is 15.9 Å². The maximum Gasteiger partial charge on any atom is 0.289 e. The third-order valence-corrected chi connectivity index (χ3v) is 5.03. The quantitative estimate of drug-likeness (QED) is 0.809. The Morgan fingerprint density at radius 3 is 2.23 bits per heavy atom. The molecular weight excluding hydrogens is 370 g/mol. The van der Waals surface area contributed by atoms with Crippen LogP contribution in [0.2, 0.25) is 0 Å². The number of carbonyl (C=O) groups is 1. The monoisotopic (exact) mass is 385 g/mol. The van der Waals surface area contributed by atoms with E-state index >= 15 is 0 Å². The molecule has 0 radical (unpaired) electrons. The lowest BCUT2D eigenvalue weighted by atomic mass is 10.1. The molecule has 2 aromatic rings. The third-order valence-electron chi connectivity index (χ3n) is 3.48. The lowest BCUT2D eigenvalue weighted by Crippen LogP contribution is -2.29. The lowest BCUT2D eigenvalue weighted by Gasteiger charge is -2.24. The topological polar surface area (TPSA) is 67.6 Å². The van der Waals surface area contributed by atoms with Gasteiger partial charge >= 0.3 is 0 Å². The molecule has 0 saturated heterocycles. The fourth-order valence-electron chi connectivity index (χ4n) is 2.00. The van der Waals surface area contributed by atoms with Gasteiger partial charge in [0.15, 0.2) is 20.3 Å². The summed E-state index contributed by atoms with van der Waals surface area (Å²) in [7, 11) is -1.55. The molecule has 118 valence electrons. The molecule has 0 fully saturated rings. The lowest BCUT2D eigenvalue weighted by molar-refractivity contribution is 0.0709. The van der Waals surface area contributed by atoms with Gasteiger partial charge in [0.25, 0.3) is 5.91 Å². The molecule has 0 aliphatic carbocycles. The number of benzene rings is 1. The van der Waals surface area contributed by atoms with Crippen LogP contribution in [0.1, 0.15) is 29.1 Å². The minimum atomic E-state index is -3.22. The van der Waals surface area contributed by atoms with Crippen LogP contribution in [0, 0.1) is 0 Å². The van der Waals surface area contributed by atoms with E-state index in [1.54, 1.807) is 48.3 Å². The van der Waals surface area contributed by atoms with Gasteiger partial charge in [-0.3, -0.25) is 4.79 Å². The highest BCUT2D eigenvalue weighted by Crippen LogP contribution is 2.23. The van der Waals surface area contributed by atoms with Crippen LogP contribution in [0.15, 0.2) is 50.4 Å². The van der Waals surface area contributed by atoms with Gasteiger partial charge in [0.1, 0.15) is 0 Å². The largest absolute Gasteiger partial charge is 0.444 e. The molecule has 1 heterocycles. The van der Waals surface area contributed by atoms with E-state index in [9.17, 15) is 13.2 Å². The third kappa shape index (κ3) is 3.59. The molecule has 1 aromatic carbocycles. The molecule has 7 heteroatoms. The van der Waals surface area contributed by atoms with Gasteiger partial charge in [-0.15, -0.1) is 0 Å². The number of hydrogen-bond acceptors (Lipinski definition) is 4. The van der Waals surface area contributed by atoms with E-state index in [4.69, 9.17) is 4.42 Å². The highest BCUT2D eigenvalue weighted by molar-refractivity contribution is 9.10. The highest BCUT2D eigenvalue weighted by atomic mass is 79.9. The first-order valence-electron chi connectivity index (χ1n) is 6.52. The normalized spacial score (nSPS) is 12.9. The van der Waals surface area contributed by atoms with Gasteiger partial charge in [-0.05, 0) is 52.7 Å². The average Bonchev–Trinajstić information content (AvgIpc) is 2.90. The maximum absolute atomic E-state index is 12.3. The Balaban J connectivity index is 2.20. The van der Waals surface area contributed by atoms with Crippen molar-refractivity contribution in [1.82, 2.24) is 4.90 Å². The van der Waals surface area contributed by atoms with Crippen molar-refractivity contribution in [2.24, 2.45) is 0 Å². The van der Waals surface area contributed by atoms with Crippen molar-refractivity contribution in [3.8, 4) is 0 Å². The molecule has 0 aliphatic heterocycles. The number of sulfone groups is 1. The van der Waals surface area contributed by atoms with Crippen LogP contribution in [-0.2, 0) is 9.84 Å². The highest BCUT2D eigenvalue weighted by Gasteiger charge is 2.21. The molecular formula is C15H16BrNO4S. The molecule has 1 atom stereocenters. The number of furan rings is 1. The summed E-state index contributed by atoms with van der Waals surface area (Å²) >= 11 is 3.16. The standard InChI is InChI=1S/C15H16BrNO4S/c1-10(11-4-6-12(7-5-11)22(3,19)20)17(2)15(18)13-8-9-14(16)21-13/h4-10H,1-3H3. The Hall–Kier alpha value is -1.60. The summed E-state index contributed by atoms with van der Waals surface area (Å²) in [5.74, 6) is -0.000583. The maximum atomic E-state index is 12.3. The SMILES string of the molecule is CC(c1ccc(S(C)(=O)=O)cc1)N(C)C(=O)c1ccc(Br)o1. The molecule has 0 spiro atoms. The second-order valence-electron chi connectivity index (χ2n) is 5.04. The number of halogens is 1. The zero-order chi connectivity index (χ0) is 16.5. The van der Waals surface area contributed by atoms with E-state index in [0.29, 0.717) is 4.67 Å². The summed E-state index contributed by atoms with van der Waals surface area (Å²) in [4.78, 5) is 14.1. The Morgan fingerprint density at radius 1 is 1.18 bits per heavy atom. The van der Waals surface area contributed by atoms with E-state index in [0.717, 1.165) is 11.8 Å². The van der Waals surface area contributed by atoms with Crippen LogP contribution in [0.4, 0.5) is 0 Å². The number of amides is 1. The summed E-state index contributed by atoms with van der Waals surface area (Å²) < 4.78 is 28.7. The van der Waals surface area contributed by atoms with Gasteiger partial charge in [-0.25, -0.2) is 8.42 Å². The minimum absolute atomic E-state index is 0.218. The zero-order valence-electron chi connectivity index (χ0n) is 12.4. The van der Waals surface area contributed by atoms with E-state index in [1.165, 1.54) is 0 Å². The van der Waals surface area contributed by atoms with E-state index in [-0.39, 0.29) is 22.6 Å². The van der Waals surface area contributed by atoms with Crippen molar-refractivity contribution >= 4 is 31.7 Å². The van der Waals surface area contributed by atoms with Crippen LogP contribution < -0.4 is 0 Å². The molecule has 2 rings (SSSR count). The minimum Gasteiger partial charge on any atom is -0.444 e. The molecule has 0 aliphatic rings. The number of hydrogen-bond donors (Lipinski definition) is 0. The van der Waals surface area contributed by atoms with Crippen molar-refractivity contribution in [2.75, 3.05) is 13.3 Å². The van der Waals surface area contributed by atoms with Crippen molar-refractivity contribution in [3.05, 3.63) is 52.4 Å². The zero-order valence-corrected chi connectivity index (χ0v) is 14.8. The first kappa shape index (κ1) is 16.8. The second kappa shape index (κ2) is 6.26. The van der Waals surface area contributed by atoms with Crippen molar-refractivity contribution in [1.29, 1.82) is 0 Å². The first-order chi connectivity index (χ1) is 10.2. The molecule has 5 nitrogen and oxygen atoms in total. The van der Waals surface area contributed by atoms with Gasteiger partial charge in [0.05, 0.1) is 10.9 Å². The summed E-state index contributed by atoms with van der Waals surface area (Å²) in [5.41, 5.74) is 0.842. The first-order valence-corrected chi connectivity index (χ1v) is 9.21. The molecule has 0 bridgehead atoms. The van der Waals surface area contributed by atoms with Crippen molar-refractivity contribution in [3.63, 3.8) is 0 Å². The fourth-order valence-corrected chi connectivity index (χ4v) is 2.93. The molecule has 0 N–H and O–H groups in total. The van der Waals surface area contributed by atoms with Crippen LogP contribution in [-0.4, -0.2) is 32.5 Å². The number of rotatable bonds is 4. The van der Waals surface area contributed by atoms with Crippen LogP contribution in [0.5, 0.6) is 0 Å². The average molecular weight is 386 g/mol. The molecule has 22 heavy (non-hydrogen) atoms. The predicted molar refractivity (Wildman–Crippen MR) is 86.5 cm³/mol. The van der Waals surface area contributed by atoms with E-state index in [2.05, 4.69) is 15.9 Å². The number of carbonyl (C=O) groups excluding carboxylic acids is 1. The smallest absolute Gasteiger partial charge is 0.289 e. The van der Waals surface area contributed by atoms with E-state index < -0.39 is 9.84 Å². The predicted octanol–water partition coefficient (Wildman–Crippen LogP) is 3.28. The van der Waals surface area contributed by atoms with Crippen molar-refractivity contribution in [2.45, 2.75) is 17.9 Å². The molecule has 1 amide bonds. The summed E-state index contributed by atoms with van der Waals surface area (Å²) in [6.07, 6.45) is 1.16. The Labute approximate surface area is 138 Å². The Kier molecular flexibility index (Phi) is 4.77. The van der Waals surface area contributed by atoms with E-state index in [1.807, 2.05) is 6.92 Å². The van der Waals surface area contributed by atoms with Gasteiger partial charge < -0.3 is 9.32 Å². The Morgan fingerprint density at radius 2 is 1.77 bits per heavy atom. The van der Waals surface area contributed by atoms with Crippen LogP contribution in [0.25, 0.3) is 0 Å². The van der Waals surface area contributed by atoms with Gasteiger partial charge in [-0.1, -0.05) is 12.1 Å². The summed E-state index contributed by atoms with van der Waals surface area (Å²) in [5, 5.41) is 0. The molecule has 1 unspecified atom stereocenters. The van der Waals surface area contributed by atoms with Crippen LogP contribution in [0.3, 0.4) is 0 Å². The Bertz CT molecular complexity index is 780. The summed E-state index contributed by atoms with van der Waals surface area (Å²) in [6, 6.07) is 9.55. The van der Waals surface area contributed by atoms with Gasteiger partial charge in [-0.2, -0.15) is 0 Å². The summed E-state index contributed by atoms with van der Waals surface area (Å²) in [6.45, 7) is 1.87. The molecule has 1 aromatic heterocycles. The second-order valence-corrected chi connectivity index (χ2v) is 7.83. The number of nitrogens with zero attached hydrogens (tertiary/aromatic N) is 1. The fraction of sp³-hybridized carbons (Fsp3) is 0.267. The van der Waals surface area contributed by atoms with Gasteiger partial charge in [0.2, 0.25) is 0 Å². The van der Waals surface area contributed by atoms with Gasteiger partial charge in [0, 0.05) is 13.3 Å². The van der Waals surface area contributed by atoms with Crippen molar-refractivity contribution < 1.29 is 17.6 Å².